The second kappa shape index (κ2) is 6.79. The third kappa shape index (κ3) is 2.89. The number of aromatic nitrogens is 4. The zero-order chi connectivity index (χ0) is 20.1. The largest absolute Gasteiger partial charge is 0.352 e. The van der Waals surface area contributed by atoms with Gasteiger partial charge in [0.05, 0.1) is 0 Å². The number of anilines is 1. The third-order valence-corrected chi connectivity index (χ3v) is 6.13. The quantitative estimate of drug-likeness (QED) is 0.530. The van der Waals surface area contributed by atoms with Crippen LogP contribution in [0.3, 0.4) is 0 Å². The van der Waals surface area contributed by atoms with Crippen LogP contribution in [0.5, 0.6) is 0 Å². The number of carbonyl (C=O) groups is 1. The van der Waals surface area contributed by atoms with Gasteiger partial charge in [-0.05, 0) is 41.8 Å². The van der Waals surface area contributed by atoms with Crippen LogP contribution in [0.4, 0.5) is 5.82 Å². The summed E-state index contributed by atoms with van der Waals surface area (Å²) in [6.45, 7) is 2.88. The first-order valence-electron chi connectivity index (χ1n) is 10.5. The number of benzene rings is 2. The monoisotopic (exact) mass is 398 g/mol. The number of rotatable bonds is 3. The lowest BCUT2D eigenvalue weighted by Gasteiger charge is -2.35. The van der Waals surface area contributed by atoms with Crippen LogP contribution < -0.4 is 4.90 Å². The minimum atomic E-state index is 0.102. The van der Waals surface area contributed by atoms with E-state index in [1.54, 1.807) is 0 Å². The summed E-state index contributed by atoms with van der Waals surface area (Å²) in [6.07, 6.45) is 2.34. The average molecular weight is 398 g/mol. The molecule has 2 aliphatic rings. The molecule has 0 N–H and O–H groups in total. The van der Waals surface area contributed by atoms with Crippen LogP contribution in [0.25, 0.3) is 16.4 Å². The van der Waals surface area contributed by atoms with E-state index in [0.29, 0.717) is 19.0 Å². The highest BCUT2D eigenvalue weighted by atomic mass is 16.2. The van der Waals surface area contributed by atoms with Crippen LogP contribution in [0.15, 0.2) is 54.6 Å². The summed E-state index contributed by atoms with van der Waals surface area (Å²) in [5.41, 5.74) is 1.57. The van der Waals surface area contributed by atoms with Gasteiger partial charge in [-0.2, -0.15) is 4.52 Å². The summed E-state index contributed by atoms with van der Waals surface area (Å²) < 4.78 is 1.89. The fraction of sp³-hybridized carbons (Fsp3) is 0.304. The molecule has 2 fully saturated rings. The average Bonchev–Trinajstić information content (AvgIpc) is 3.57. The maximum atomic E-state index is 13.2. The van der Waals surface area contributed by atoms with Crippen LogP contribution in [0, 0.1) is 0 Å². The van der Waals surface area contributed by atoms with Crippen LogP contribution in [-0.2, 0) is 0 Å². The molecule has 2 aromatic heterocycles. The van der Waals surface area contributed by atoms with Crippen molar-refractivity contribution in [1.82, 2.24) is 24.7 Å². The topological polar surface area (TPSA) is 66.6 Å². The van der Waals surface area contributed by atoms with Gasteiger partial charge in [0.25, 0.3) is 5.91 Å². The minimum absolute atomic E-state index is 0.102. The molecule has 1 aliphatic carbocycles. The lowest BCUT2D eigenvalue weighted by atomic mass is 10.0. The van der Waals surface area contributed by atoms with E-state index in [0.717, 1.165) is 46.7 Å². The fourth-order valence-electron chi connectivity index (χ4n) is 4.28. The number of nitrogens with zero attached hydrogens (tertiary/aromatic N) is 6. The van der Waals surface area contributed by atoms with Gasteiger partial charge in [0.2, 0.25) is 0 Å². The number of hydrogen-bond acceptors (Lipinski definition) is 5. The summed E-state index contributed by atoms with van der Waals surface area (Å²) in [6, 6.07) is 18.0. The van der Waals surface area contributed by atoms with E-state index in [1.165, 1.54) is 12.8 Å². The molecule has 0 bridgehead atoms. The van der Waals surface area contributed by atoms with E-state index in [4.69, 9.17) is 5.10 Å². The predicted molar refractivity (Wildman–Crippen MR) is 115 cm³/mol. The summed E-state index contributed by atoms with van der Waals surface area (Å²) >= 11 is 0. The predicted octanol–water partition coefficient (Wildman–Crippen LogP) is 3.12. The third-order valence-electron chi connectivity index (χ3n) is 6.13. The van der Waals surface area contributed by atoms with E-state index >= 15 is 0 Å². The number of carbonyl (C=O) groups excluding carboxylic acids is 1. The van der Waals surface area contributed by atoms with Crippen molar-refractivity contribution in [3.63, 3.8) is 0 Å². The first-order valence-corrected chi connectivity index (χ1v) is 10.5. The standard InChI is InChI=1S/C23H22N6O/c30-23(19-7-3-5-16-4-1-2-6-18(16)19)28-14-12-27(13-15-28)21-11-10-20-24-25-22(17-8-9-17)29(20)26-21/h1-7,10-11,17H,8-9,12-15H2. The fourth-order valence-corrected chi connectivity index (χ4v) is 4.28. The highest BCUT2D eigenvalue weighted by Gasteiger charge is 2.30. The van der Waals surface area contributed by atoms with Gasteiger partial charge in [0.15, 0.2) is 11.5 Å². The first kappa shape index (κ1) is 17.4. The van der Waals surface area contributed by atoms with Crippen molar-refractivity contribution in [3.05, 3.63) is 66.0 Å². The van der Waals surface area contributed by atoms with Crippen molar-refractivity contribution in [2.45, 2.75) is 18.8 Å². The van der Waals surface area contributed by atoms with Crippen molar-refractivity contribution < 1.29 is 4.79 Å². The number of amides is 1. The Labute approximate surface area is 173 Å². The Bertz CT molecular complexity index is 1250. The molecule has 1 amide bonds. The number of piperazine rings is 1. The molecule has 7 nitrogen and oxygen atoms in total. The molecule has 4 aromatic rings. The van der Waals surface area contributed by atoms with Gasteiger partial charge in [-0.3, -0.25) is 4.79 Å². The molecule has 0 spiro atoms. The molecule has 0 unspecified atom stereocenters. The Balaban J connectivity index is 1.21. The molecular formula is C23H22N6O. The van der Waals surface area contributed by atoms with Crippen LogP contribution in [0.2, 0.25) is 0 Å². The lowest BCUT2D eigenvalue weighted by molar-refractivity contribution is 0.0748. The molecule has 3 heterocycles. The number of fused-ring (bicyclic) bond motifs is 2. The smallest absolute Gasteiger partial charge is 0.254 e. The van der Waals surface area contributed by atoms with Crippen LogP contribution >= 0.6 is 0 Å². The van der Waals surface area contributed by atoms with E-state index in [9.17, 15) is 4.79 Å². The Hall–Kier alpha value is -3.48. The summed E-state index contributed by atoms with van der Waals surface area (Å²) in [4.78, 5) is 17.4. The molecule has 30 heavy (non-hydrogen) atoms. The molecule has 7 heteroatoms. The van der Waals surface area contributed by atoms with Gasteiger partial charge in [-0.15, -0.1) is 15.3 Å². The Morgan fingerprint density at radius 2 is 1.67 bits per heavy atom. The molecule has 1 saturated carbocycles. The molecule has 6 rings (SSSR count). The van der Waals surface area contributed by atoms with Gasteiger partial charge >= 0.3 is 0 Å². The van der Waals surface area contributed by atoms with Gasteiger partial charge in [-0.25, -0.2) is 0 Å². The zero-order valence-electron chi connectivity index (χ0n) is 16.6. The first-order chi connectivity index (χ1) is 14.8. The van der Waals surface area contributed by atoms with Crippen molar-refractivity contribution in [1.29, 1.82) is 0 Å². The Kier molecular flexibility index (Phi) is 3.94. The van der Waals surface area contributed by atoms with E-state index in [2.05, 4.69) is 15.1 Å². The van der Waals surface area contributed by atoms with Crippen molar-refractivity contribution >= 4 is 28.1 Å². The molecule has 150 valence electrons. The van der Waals surface area contributed by atoms with Crippen LogP contribution in [-0.4, -0.2) is 56.8 Å². The van der Waals surface area contributed by atoms with Gasteiger partial charge in [0, 0.05) is 37.7 Å². The van der Waals surface area contributed by atoms with Crippen molar-refractivity contribution in [3.8, 4) is 0 Å². The maximum Gasteiger partial charge on any atom is 0.254 e. The maximum absolute atomic E-state index is 13.2. The highest BCUT2D eigenvalue weighted by Crippen LogP contribution is 2.38. The van der Waals surface area contributed by atoms with E-state index < -0.39 is 0 Å². The molecular weight excluding hydrogens is 376 g/mol. The Morgan fingerprint density at radius 1 is 0.867 bits per heavy atom. The van der Waals surface area contributed by atoms with E-state index in [1.807, 2.05) is 64.0 Å². The summed E-state index contributed by atoms with van der Waals surface area (Å²) in [5.74, 6) is 2.49. The normalized spacial score (nSPS) is 17.1. The lowest BCUT2D eigenvalue weighted by Crippen LogP contribution is -2.49. The molecule has 0 atom stereocenters. The SMILES string of the molecule is O=C(c1cccc2ccccc12)N1CCN(c2ccc3nnc(C4CC4)n3n2)CC1. The molecule has 2 aromatic carbocycles. The zero-order valence-corrected chi connectivity index (χ0v) is 16.6. The van der Waals surface area contributed by atoms with Crippen molar-refractivity contribution in [2.75, 3.05) is 31.1 Å². The van der Waals surface area contributed by atoms with Gasteiger partial charge in [-0.1, -0.05) is 36.4 Å². The van der Waals surface area contributed by atoms with Gasteiger partial charge in [0.1, 0.15) is 5.82 Å². The second-order valence-corrected chi connectivity index (χ2v) is 8.10. The molecule has 0 radical (unpaired) electrons. The molecule has 1 saturated heterocycles. The van der Waals surface area contributed by atoms with E-state index in [-0.39, 0.29) is 5.91 Å². The number of hydrogen-bond donors (Lipinski definition) is 0. The van der Waals surface area contributed by atoms with Gasteiger partial charge < -0.3 is 9.80 Å². The minimum Gasteiger partial charge on any atom is -0.352 e. The van der Waals surface area contributed by atoms with Crippen LogP contribution in [0.1, 0.15) is 34.9 Å². The molecule has 1 aliphatic heterocycles. The summed E-state index contributed by atoms with van der Waals surface area (Å²) in [5, 5.41) is 15.5. The summed E-state index contributed by atoms with van der Waals surface area (Å²) in [7, 11) is 0. The Morgan fingerprint density at radius 3 is 2.50 bits per heavy atom. The highest BCUT2D eigenvalue weighted by molar-refractivity contribution is 6.07. The second-order valence-electron chi connectivity index (χ2n) is 8.10. The van der Waals surface area contributed by atoms with Crippen molar-refractivity contribution in [2.24, 2.45) is 0 Å².